The molecule has 2 heterocycles. The Morgan fingerprint density at radius 2 is 1.93 bits per heavy atom. The van der Waals surface area contributed by atoms with Gasteiger partial charge in [-0.15, -0.1) is 0 Å². The Labute approximate surface area is 160 Å². The van der Waals surface area contributed by atoms with Crippen LogP contribution in [0.4, 0.5) is 4.79 Å². The minimum atomic E-state index is -0.728. The molecule has 0 atom stereocenters. The topological polar surface area (TPSA) is 111 Å². The average Bonchev–Trinajstić information content (AvgIpc) is 3.32. The number of carbonyl (C=O) groups is 3. The zero-order valence-corrected chi connectivity index (χ0v) is 15.5. The van der Waals surface area contributed by atoms with Crippen molar-refractivity contribution in [2.45, 2.75) is 26.8 Å². The summed E-state index contributed by atoms with van der Waals surface area (Å²) in [6.45, 7) is 3.51. The third-order valence-electron chi connectivity index (χ3n) is 4.30. The smallest absolute Gasteiger partial charge is 0.321 e. The molecule has 8 heteroatoms. The summed E-state index contributed by atoms with van der Waals surface area (Å²) in [4.78, 5) is 35.4. The van der Waals surface area contributed by atoms with Crippen molar-refractivity contribution in [3.63, 3.8) is 0 Å². The van der Waals surface area contributed by atoms with E-state index in [9.17, 15) is 14.4 Å². The number of rotatable bonds is 6. The summed E-state index contributed by atoms with van der Waals surface area (Å²) in [5, 5.41) is 5.36. The van der Waals surface area contributed by atoms with Crippen molar-refractivity contribution in [1.82, 2.24) is 10.6 Å². The fourth-order valence-corrected chi connectivity index (χ4v) is 2.67. The number of urea groups is 1. The summed E-state index contributed by atoms with van der Waals surface area (Å²) in [7, 11) is 0. The van der Waals surface area contributed by atoms with E-state index in [0.717, 1.165) is 22.1 Å². The molecule has 0 radical (unpaired) electrons. The molecule has 2 aromatic heterocycles. The van der Waals surface area contributed by atoms with Crippen LogP contribution in [-0.2, 0) is 27.3 Å². The van der Waals surface area contributed by atoms with Gasteiger partial charge in [-0.3, -0.25) is 14.9 Å². The Balaban J connectivity index is 1.45. The molecule has 1 aromatic carbocycles. The highest BCUT2D eigenvalue weighted by Gasteiger charge is 2.15. The number of hydrogen-bond donors (Lipinski definition) is 2. The quantitative estimate of drug-likeness (QED) is 0.632. The predicted octanol–water partition coefficient (Wildman–Crippen LogP) is 2.75. The van der Waals surface area contributed by atoms with Gasteiger partial charge in [-0.1, -0.05) is 12.1 Å². The van der Waals surface area contributed by atoms with E-state index < -0.39 is 24.5 Å². The molecule has 0 aliphatic heterocycles. The molecule has 8 nitrogen and oxygen atoms in total. The van der Waals surface area contributed by atoms with Crippen molar-refractivity contribution in [2.24, 2.45) is 0 Å². The lowest BCUT2D eigenvalue weighted by atomic mass is 10.0. The summed E-state index contributed by atoms with van der Waals surface area (Å²) in [5.41, 5.74) is 3.52. The zero-order valence-electron chi connectivity index (χ0n) is 15.5. The molecule has 3 aromatic rings. The first-order valence-electron chi connectivity index (χ1n) is 8.66. The van der Waals surface area contributed by atoms with Gasteiger partial charge in [0, 0.05) is 10.9 Å². The number of aryl methyl sites for hydroxylation is 2. The summed E-state index contributed by atoms with van der Waals surface area (Å²) >= 11 is 0. The molecule has 0 fully saturated rings. The first-order valence-corrected chi connectivity index (χ1v) is 8.66. The number of furan rings is 2. The molecular weight excluding hydrogens is 364 g/mol. The number of ether oxygens (including phenoxy) is 1. The average molecular weight is 384 g/mol. The molecule has 0 saturated heterocycles. The van der Waals surface area contributed by atoms with Crippen molar-refractivity contribution in [3.05, 3.63) is 59.2 Å². The highest BCUT2D eigenvalue weighted by atomic mass is 16.5. The number of esters is 1. The second kappa shape index (κ2) is 8.43. The van der Waals surface area contributed by atoms with E-state index in [1.165, 1.54) is 12.5 Å². The van der Waals surface area contributed by atoms with Crippen LogP contribution in [-0.4, -0.2) is 24.5 Å². The molecule has 0 aliphatic carbocycles. The molecule has 2 N–H and O–H groups in total. The van der Waals surface area contributed by atoms with Crippen LogP contribution >= 0.6 is 0 Å². The Kier molecular flexibility index (Phi) is 5.78. The molecule has 0 spiro atoms. The van der Waals surface area contributed by atoms with Crippen LogP contribution in [0.3, 0.4) is 0 Å². The maximum absolute atomic E-state index is 12.0. The molecule has 28 heavy (non-hydrogen) atoms. The van der Waals surface area contributed by atoms with Gasteiger partial charge >= 0.3 is 12.0 Å². The molecule has 146 valence electrons. The first kappa shape index (κ1) is 19.2. The second-order valence-corrected chi connectivity index (χ2v) is 6.29. The van der Waals surface area contributed by atoms with Gasteiger partial charge in [0.2, 0.25) is 0 Å². The maximum Gasteiger partial charge on any atom is 0.321 e. The number of hydrogen-bond acceptors (Lipinski definition) is 6. The SMILES string of the molecule is Cc1ccc2c(CC(=O)OCC(=O)NC(=O)NCc3ccco3)coc2c1C. The fraction of sp³-hybridized carbons (Fsp3) is 0.250. The third kappa shape index (κ3) is 4.59. The predicted molar refractivity (Wildman–Crippen MR) is 99.4 cm³/mol. The first-order chi connectivity index (χ1) is 13.4. The van der Waals surface area contributed by atoms with Crippen LogP contribution in [0.15, 0.2) is 45.6 Å². The normalized spacial score (nSPS) is 10.6. The fourth-order valence-electron chi connectivity index (χ4n) is 2.67. The lowest BCUT2D eigenvalue weighted by Gasteiger charge is -2.06. The minimum Gasteiger partial charge on any atom is -0.467 e. The van der Waals surface area contributed by atoms with Crippen LogP contribution in [0, 0.1) is 13.8 Å². The van der Waals surface area contributed by atoms with Crippen LogP contribution < -0.4 is 10.6 Å². The Hall–Kier alpha value is -3.55. The summed E-state index contributed by atoms with van der Waals surface area (Å²) < 4.78 is 15.5. The maximum atomic E-state index is 12.0. The monoisotopic (exact) mass is 384 g/mol. The molecule has 0 aliphatic rings. The Morgan fingerprint density at radius 3 is 2.68 bits per heavy atom. The van der Waals surface area contributed by atoms with Crippen LogP contribution in [0.2, 0.25) is 0 Å². The lowest BCUT2D eigenvalue weighted by Crippen LogP contribution is -2.41. The van der Waals surface area contributed by atoms with E-state index in [-0.39, 0.29) is 13.0 Å². The van der Waals surface area contributed by atoms with Crippen molar-refractivity contribution in [2.75, 3.05) is 6.61 Å². The standard InChI is InChI=1S/C20H20N2O6/c1-12-5-6-16-14(10-28-19(16)13(12)2)8-18(24)27-11-17(23)22-20(25)21-9-15-4-3-7-26-15/h3-7,10H,8-9,11H2,1-2H3,(H2,21,22,23,25). The van der Waals surface area contributed by atoms with Gasteiger partial charge in [0.1, 0.15) is 11.3 Å². The van der Waals surface area contributed by atoms with E-state index in [1.807, 2.05) is 26.0 Å². The molecular formula is C20H20N2O6. The largest absolute Gasteiger partial charge is 0.467 e. The number of imide groups is 1. The molecule has 0 bridgehead atoms. The summed E-state index contributed by atoms with van der Waals surface area (Å²) in [6, 6.07) is 6.51. The lowest BCUT2D eigenvalue weighted by molar-refractivity contribution is -0.147. The van der Waals surface area contributed by atoms with Gasteiger partial charge in [-0.2, -0.15) is 0 Å². The van der Waals surface area contributed by atoms with Crippen LogP contribution in [0.1, 0.15) is 22.5 Å². The van der Waals surface area contributed by atoms with Crippen molar-refractivity contribution in [1.29, 1.82) is 0 Å². The number of nitrogens with one attached hydrogen (secondary N) is 2. The minimum absolute atomic E-state index is 0.0343. The molecule has 0 saturated carbocycles. The molecule has 3 amide bonds. The van der Waals surface area contributed by atoms with Crippen molar-refractivity contribution >= 4 is 28.9 Å². The number of amides is 3. The van der Waals surface area contributed by atoms with Gasteiger partial charge in [-0.05, 0) is 37.1 Å². The van der Waals surface area contributed by atoms with E-state index in [2.05, 4.69) is 10.6 Å². The number of carbonyl (C=O) groups excluding carboxylic acids is 3. The zero-order chi connectivity index (χ0) is 20.1. The van der Waals surface area contributed by atoms with Gasteiger partial charge in [0.15, 0.2) is 6.61 Å². The highest BCUT2D eigenvalue weighted by Crippen LogP contribution is 2.26. The van der Waals surface area contributed by atoms with E-state index in [0.29, 0.717) is 11.3 Å². The van der Waals surface area contributed by atoms with Crippen LogP contribution in [0.5, 0.6) is 0 Å². The van der Waals surface area contributed by atoms with Gasteiger partial charge in [-0.25, -0.2) is 4.79 Å². The van der Waals surface area contributed by atoms with Gasteiger partial charge in [0.25, 0.3) is 5.91 Å². The third-order valence-corrected chi connectivity index (χ3v) is 4.30. The number of benzene rings is 1. The van der Waals surface area contributed by atoms with Gasteiger partial charge in [0.05, 0.1) is 25.5 Å². The summed E-state index contributed by atoms with van der Waals surface area (Å²) in [5.74, 6) is -0.771. The van der Waals surface area contributed by atoms with Crippen molar-refractivity contribution < 1.29 is 28.0 Å². The van der Waals surface area contributed by atoms with Crippen LogP contribution in [0.25, 0.3) is 11.0 Å². The van der Waals surface area contributed by atoms with E-state index in [1.54, 1.807) is 12.1 Å². The van der Waals surface area contributed by atoms with Gasteiger partial charge < -0.3 is 18.9 Å². The second-order valence-electron chi connectivity index (χ2n) is 6.29. The van der Waals surface area contributed by atoms with E-state index in [4.69, 9.17) is 13.6 Å². The summed E-state index contributed by atoms with van der Waals surface area (Å²) in [6.07, 6.45) is 2.96. The highest BCUT2D eigenvalue weighted by molar-refractivity contribution is 5.95. The number of fused-ring (bicyclic) bond motifs is 1. The molecule has 0 unspecified atom stereocenters. The van der Waals surface area contributed by atoms with E-state index >= 15 is 0 Å². The Morgan fingerprint density at radius 1 is 1.11 bits per heavy atom. The van der Waals surface area contributed by atoms with Crippen molar-refractivity contribution in [3.8, 4) is 0 Å². The molecule has 3 rings (SSSR count). The Bertz CT molecular complexity index is 1000.